The Morgan fingerprint density at radius 2 is 1.92 bits per heavy atom. The van der Waals surface area contributed by atoms with Crippen molar-refractivity contribution in [2.75, 3.05) is 37.8 Å². The average molecular weight is 529 g/mol. The van der Waals surface area contributed by atoms with Crippen molar-refractivity contribution in [3.63, 3.8) is 0 Å². The van der Waals surface area contributed by atoms with Gasteiger partial charge in [-0.15, -0.1) is 0 Å². The number of nitrogens with two attached hydrogens (primary N) is 1. The number of nitrogens with one attached hydrogen (secondary N) is 1. The summed E-state index contributed by atoms with van der Waals surface area (Å²) in [7, 11) is 1.34. The second kappa shape index (κ2) is 11.1. The molecule has 2 fully saturated rings. The van der Waals surface area contributed by atoms with E-state index in [4.69, 9.17) is 10.5 Å². The van der Waals surface area contributed by atoms with Crippen LogP contribution in [0.3, 0.4) is 0 Å². The number of carbonyl (C=O) groups excluding carboxylic acids is 3. The van der Waals surface area contributed by atoms with Crippen molar-refractivity contribution in [1.29, 1.82) is 0 Å². The van der Waals surface area contributed by atoms with Crippen LogP contribution in [0.4, 0.5) is 16.3 Å². The van der Waals surface area contributed by atoms with Gasteiger partial charge in [0.25, 0.3) is 0 Å². The Morgan fingerprint density at radius 3 is 2.67 bits per heavy atom. The van der Waals surface area contributed by atoms with Gasteiger partial charge in [0, 0.05) is 60.9 Å². The number of anilines is 2. The highest BCUT2D eigenvalue weighted by Gasteiger charge is 2.37. The number of urea groups is 1. The number of rotatable bonds is 4. The smallest absolute Gasteiger partial charge is 0.328 e. The van der Waals surface area contributed by atoms with E-state index in [1.807, 2.05) is 37.4 Å². The first-order valence-corrected chi connectivity index (χ1v) is 13.1. The lowest BCUT2D eigenvalue weighted by molar-refractivity contribution is -0.145. The van der Waals surface area contributed by atoms with Gasteiger partial charge in [0.1, 0.15) is 11.9 Å². The molecule has 2 saturated heterocycles. The Labute approximate surface area is 226 Å². The number of hydrogen-bond acceptors (Lipinski definition) is 7. The molecule has 5 rings (SSSR count). The molecule has 4 heterocycles. The van der Waals surface area contributed by atoms with Crippen LogP contribution in [0.2, 0.25) is 0 Å². The van der Waals surface area contributed by atoms with E-state index in [1.54, 1.807) is 28.3 Å². The van der Waals surface area contributed by atoms with E-state index in [-0.39, 0.29) is 17.9 Å². The molecule has 1 aromatic carbocycles. The molecular formula is C29H32N6O4. The molecule has 0 spiro atoms. The number of aryl methyl sites for hydroxylation is 1. The molecule has 10 nitrogen and oxygen atoms in total. The van der Waals surface area contributed by atoms with Gasteiger partial charge in [-0.2, -0.15) is 0 Å². The molecule has 3 amide bonds. The fraction of sp³-hybridized carbons (Fsp3) is 0.345. The molecule has 39 heavy (non-hydrogen) atoms. The van der Waals surface area contributed by atoms with Crippen LogP contribution in [0, 0.1) is 6.92 Å². The normalized spacial score (nSPS) is 17.3. The zero-order valence-electron chi connectivity index (χ0n) is 22.1. The largest absolute Gasteiger partial charge is 0.467 e. The van der Waals surface area contributed by atoms with Crippen LogP contribution in [0.1, 0.15) is 31.2 Å². The molecule has 0 bridgehead atoms. The van der Waals surface area contributed by atoms with E-state index in [0.717, 1.165) is 39.5 Å². The Bertz CT molecular complexity index is 1460. The Morgan fingerprint density at radius 1 is 1.13 bits per heavy atom. The lowest BCUT2D eigenvalue weighted by atomic mass is 9.99. The number of pyridine rings is 2. The number of amides is 3. The minimum atomic E-state index is -0.514. The first-order valence-electron chi connectivity index (χ1n) is 13.1. The molecule has 3 aromatic rings. The zero-order valence-corrected chi connectivity index (χ0v) is 22.1. The molecule has 2 aromatic heterocycles. The highest BCUT2D eigenvalue weighted by atomic mass is 16.5. The van der Waals surface area contributed by atoms with Gasteiger partial charge in [0.2, 0.25) is 5.91 Å². The standard InChI is InChI=1S/C29H32N6O4/c1-18-5-8-31-16-22(18)20-13-21-15-26(32-17-23(21)24(30)14-20)33-27(36)12-19-6-10-34(11-7-19)29(38)35-9-3-4-25(35)28(37)39-2/h5,8,12-17,25H,3-4,6-7,9-11,30H2,1-2H3,(H,32,33,36). The summed E-state index contributed by atoms with van der Waals surface area (Å²) < 4.78 is 4.85. The molecule has 2 aliphatic heterocycles. The van der Waals surface area contributed by atoms with Gasteiger partial charge >= 0.3 is 12.0 Å². The van der Waals surface area contributed by atoms with Gasteiger partial charge in [-0.05, 0) is 73.4 Å². The van der Waals surface area contributed by atoms with E-state index in [1.165, 1.54) is 7.11 Å². The Balaban J connectivity index is 1.23. The predicted molar refractivity (Wildman–Crippen MR) is 149 cm³/mol. The number of esters is 1. The van der Waals surface area contributed by atoms with Crippen LogP contribution in [0.5, 0.6) is 0 Å². The number of benzene rings is 1. The Hall–Kier alpha value is -4.47. The number of piperidine rings is 1. The maximum Gasteiger partial charge on any atom is 0.328 e. The molecular weight excluding hydrogens is 496 g/mol. The molecule has 1 atom stereocenters. The van der Waals surface area contributed by atoms with E-state index in [9.17, 15) is 14.4 Å². The minimum Gasteiger partial charge on any atom is -0.467 e. The van der Waals surface area contributed by atoms with E-state index in [0.29, 0.717) is 50.4 Å². The van der Waals surface area contributed by atoms with Crippen molar-refractivity contribution >= 4 is 40.2 Å². The van der Waals surface area contributed by atoms with Crippen LogP contribution in [0.15, 0.2) is 54.5 Å². The zero-order chi connectivity index (χ0) is 27.5. The van der Waals surface area contributed by atoms with Crippen molar-refractivity contribution in [2.45, 2.75) is 38.6 Å². The first-order chi connectivity index (χ1) is 18.8. The van der Waals surface area contributed by atoms with Crippen LogP contribution < -0.4 is 11.1 Å². The second-order valence-electron chi connectivity index (χ2n) is 9.98. The van der Waals surface area contributed by atoms with Crippen molar-refractivity contribution in [2.24, 2.45) is 0 Å². The van der Waals surface area contributed by atoms with E-state index in [2.05, 4.69) is 15.3 Å². The summed E-state index contributed by atoms with van der Waals surface area (Å²) >= 11 is 0. The maximum absolute atomic E-state index is 13.0. The third kappa shape index (κ3) is 5.55. The molecule has 3 N–H and O–H groups in total. The summed E-state index contributed by atoms with van der Waals surface area (Å²) in [5.74, 6) is -0.211. The number of likely N-dealkylation sites (tertiary alicyclic amines) is 2. The summed E-state index contributed by atoms with van der Waals surface area (Å²) in [5.41, 5.74) is 10.9. The summed E-state index contributed by atoms with van der Waals surface area (Å²) in [5, 5.41) is 4.53. The average Bonchev–Trinajstić information content (AvgIpc) is 3.43. The number of methoxy groups -OCH3 is 1. The monoisotopic (exact) mass is 528 g/mol. The predicted octanol–water partition coefficient (Wildman–Crippen LogP) is 3.91. The number of ether oxygens (including phenoxy) is 1. The van der Waals surface area contributed by atoms with Crippen LogP contribution in [-0.4, -0.2) is 70.5 Å². The van der Waals surface area contributed by atoms with Gasteiger partial charge in [-0.25, -0.2) is 14.6 Å². The minimum absolute atomic E-state index is 0.146. The topological polar surface area (TPSA) is 131 Å². The van der Waals surface area contributed by atoms with Crippen molar-refractivity contribution in [1.82, 2.24) is 19.8 Å². The molecule has 0 saturated carbocycles. The summed E-state index contributed by atoms with van der Waals surface area (Å²) in [6.45, 7) is 3.56. The molecule has 2 aliphatic rings. The highest BCUT2D eigenvalue weighted by molar-refractivity contribution is 6.02. The summed E-state index contributed by atoms with van der Waals surface area (Å²) in [6.07, 6.45) is 9.40. The third-order valence-corrected chi connectivity index (χ3v) is 7.45. The third-order valence-electron chi connectivity index (χ3n) is 7.45. The van der Waals surface area contributed by atoms with Crippen LogP contribution in [-0.2, 0) is 14.3 Å². The molecule has 1 unspecified atom stereocenters. The van der Waals surface area contributed by atoms with Gasteiger partial charge in [-0.1, -0.05) is 5.57 Å². The van der Waals surface area contributed by atoms with Crippen molar-refractivity contribution in [3.05, 3.63) is 60.1 Å². The number of aromatic nitrogens is 2. The fourth-order valence-corrected chi connectivity index (χ4v) is 5.31. The molecule has 0 aliphatic carbocycles. The highest BCUT2D eigenvalue weighted by Crippen LogP contribution is 2.31. The number of carbonyl (C=O) groups is 3. The molecule has 10 heteroatoms. The molecule has 0 radical (unpaired) electrons. The lowest BCUT2D eigenvalue weighted by Gasteiger charge is -2.33. The SMILES string of the molecule is COC(=O)C1CCCN1C(=O)N1CCC(=CC(=O)Nc2cc3cc(-c4cnccc4C)cc(N)c3cn2)CC1. The first kappa shape index (κ1) is 26.1. The van der Waals surface area contributed by atoms with E-state index < -0.39 is 6.04 Å². The summed E-state index contributed by atoms with van der Waals surface area (Å²) in [6, 6.07) is 7.03. The lowest BCUT2D eigenvalue weighted by Crippen LogP contribution is -2.49. The Kier molecular flexibility index (Phi) is 7.44. The van der Waals surface area contributed by atoms with Gasteiger partial charge in [0.15, 0.2) is 0 Å². The second-order valence-corrected chi connectivity index (χ2v) is 9.98. The number of fused-ring (bicyclic) bond motifs is 1. The summed E-state index contributed by atoms with van der Waals surface area (Å²) in [4.78, 5) is 49.8. The number of nitrogens with zero attached hydrogens (tertiary/aromatic N) is 4. The van der Waals surface area contributed by atoms with Crippen molar-refractivity contribution < 1.29 is 19.1 Å². The van der Waals surface area contributed by atoms with Crippen LogP contribution in [0.25, 0.3) is 21.9 Å². The van der Waals surface area contributed by atoms with Crippen LogP contribution >= 0.6 is 0 Å². The van der Waals surface area contributed by atoms with Crippen molar-refractivity contribution in [3.8, 4) is 11.1 Å². The quantitative estimate of drug-likeness (QED) is 0.298. The van der Waals surface area contributed by atoms with Gasteiger partial charge < -0.3 is 25.6 Å². The fourth-order valence-electron chi connectivity index (χ4n) is 5.31. The maximum atomic E-state index is 13.0. The number of hydrogen-bond donors (Lipinski definition) is 2. The van der Waals surface area contributed by atoms with Gasteiger partial charge in [0.05, 0.1) is 7.11 Å². The van der Waals surface area contributed by atoms with Gasteiger partial charge in [-0.3, -0.25) is 9.78 Å². The van der Waals surface area contributed by atoms with E-state index >= 15 is 0 Å². The number of nitrogen functional groups attached to an aromatic ring is 1. The molecule has 202 valence electrons.